The Labute approximate surface area is 212 Å². The van der Waals surface area contributed by atoms with E-state index < -0.39 is 11.9 Å². The van der Waals surface area contributed by atoms with Crippen LogP contribution in [-0.2, 0) is 4.79 Å². The zero-order valence-electron chi connectivity index (χ0n) is 20.9. The van der Waals surface area contributed by atoms with Crippen molar-refractivity contribution in [1.82, 2.24) is 15.3 Å². The van der Waals surface area contributed by atoms with Crippen molar-refractivity contribution >= 4 is 17.5 Å². The Hall–Kier alpha value is -3.74. The fourth-order valence-corrected chi connectivity index (χ4v) is 4.72. The molecule has 0 radical (unpaired) electrons. The monoisotopic (exact) mass is 486 g/mol. The SMILES string of the molecule is CC[C@H](C)c1ccc(N(C(=O)c2cnccn2)[C@H](C(=O)NC2CCCCC2)c2ccc(O)cc2)cc1. The molecule has 188 valence electrons. The van der Waals surface area contributed by atoms with Crippen LogP contribution < -0.4 is 10.2 Å². The van der Waals surface area contributed by atoms with Crippen LogP contribution in [0.1, 0.15) is 85.9 Å². The molecule has 36 heavy (non-hydrogen) atoms. The van der Waals surface area contributed by atoms with Gasteiger partial charge in [0.1, 0.15) is 17.5 Å². The third-order valence-corrected chi connectivity index (χ3v) is 7.02. The fourth-order valence-electron chi connectivity index (χ4n) is 4.72. The van der Waals surface area contributed by atoms with Crippen molar-refractivity contribution in [3.8, 4) is 5.75 Å². The minimum absolute atomic E-state index is 0.0760. The van der Waals surface area contributed by atoms with Crippen LogP contribution in [-0.4, -0.2) is 32.9 Å². The van der Waals surface area contributed by atoms with Crippen LogP contribution in [0.5, 0.6) is 5.75 Å². The number of benzene rings is 2. The van der Waals surface area contributed by atoms with Gasteiger partial charge in [-0.25, -0.2) is 4.98 Å². The molecule has 2 amide bonds. The van der Waals surface area contributed by atoms with Gasteiger partial charge in [0, 0.05) is 24.1 Å². The van der Waals surface area contributed by atoms with E-state index in [4.69, 9.17) is 0 Å². The first kappa shape index (κ1) is 25.4. The highest BCUT2D eigenvalue weighted by molar-refractivity contribution is 6.09. The minimum atomic E-state index is -0.948. The molecule has 2 aromatic carbocycles. The highest BCUT2D eigenvalue weighted by Gasteiger charge is 2.35. The molecule has 0 saturated heterocycles. The lowest BCUT2D eigenvalue weighted by Gasteiger charge is -2.33. The number of carbonyl (C=O) groups is 2. The molecule has 1 fully saturated rings. The summed E-state index contributed by atoms with van der Waals surface area (Å²) < 4.78 is 0. The first-order valence-electron chi connectivity index (χ1n) is 12.8. The molecule has 3 aromatic rings. The van der Waals surface area contributed by atoms with Crippen LogP contribution in [0.2, 0.25) is 0 Å². The lowest BCUT2D eigenvalue weighted by Crippen LogP contribution is -2.47. The summed E-state index contributed by atoms with van der Waals surface area (Å²) >= 11 is 0. The molecule has 4 rings (SSSR count). The van der Waals surface area contributed by atoms with E-state index in [-0.39, 0.29) is 23.4 Å². The lowest BCUT2D eigenvalue weighted by molar-refractivity contribution is -0.123. The number of aromatic nitrogens is 2. The molecule has 2 N–H and O–H groups in total. The van der Waals surface area contributed by atoms with Crippen molar-refractivity contribution in [2.45, 2.75) is 70.4 Å². The van der Waals surface area contributed by atoms with E-state index in [2.05, 4.69) is 29.1 Å². The van der Waals surface area contributed by atoms with Crippen molar-refractivity contribution in [3.05, 3.63) is 83.9 Å². The highest BCUT2D eigenvalue weighted by atomic mass is 16.3. The number of aromatic hydroxyl groups is 1. The molecule has 0 bridgehead atoms. The summed E-state index contributed by atoms with van der Waals surface area (Å²) in [4.78, 5) is 37.5. The van der Waals surface area contributed by atoms with Crippen LogP contribution in [0.25, 0.3) is 0 Å². The summed E-state index contributed by atoms with van der Waals surface area (Å²) in [6.07, 6.45) is 10.6. The van der Waals surface area contributed by atoms with Gasteiger partial charge in [0.2, 0.25) is 5.91 Å². The van der Waals surface area contributed by atoms with Crippen LogP contribution in [0.3, 0.4) is 0 Å². The Balaban J connectivity index is 1.79. The normalized spacial score (nSPS) is 15.6. The molecule has 0 unspecified atom stereocenters. The maximum absolute atomic E-state index is 13.9. The molecule has 0 spiro atoms. The Morgan fingerprint density at radius 3 is 2.28 bits per heavy atom. The fraction of sp³-hybridized carbons (Fsp3) is 0.379. The Bertz CT molecular complexity index is 1140. The minimum Gasteiger partial charge on any atom is -0.508 e. The number of phenols is 1. The Morgan fingerprint density at radius 1 is 1.00 bits per heavy atom. The number of nitrogens with one attached hydrogen (secondary N) is 1. The number of carbonyl (C=O) groups excluding carboxylic acids is 2. The van der Waals surface area contributed by atoms with Gasteiger partial charge >= 0.3 is 0 Å². The Kier molecular flexibility index (Phi) is 8.31. The third-order valence-electron chi connectivity index (χ3n) is 7.02. The number of phenolic OH excluding ortho intramolecular Hbond substituents is 1. The molecular weight excluding hydrogens is 452 g/mol. The molecular formula is C29H34N4O3. The lowest BCUT2D eigenvalue weighted by atomic mass is 9.94. The van der Waals surface area contributed by atoms with Gasteiger partial charge in [0.15, 0.2) is 0 Å². The molecule has 2 atom stereocenters. The third kappa shape index (κ3) is 5.90. The summed E-state index contributed by atoms with van der Waals surface area (Å²) in [5.41, 5.74) is 2.51. The summed E-state index contributed by atoms with van der Waals surface area (Å²) in [6, 6.07) is 13.4. The maximum atomic E-state index is 13.9. The molecule has 1 aromatic heterocycles. The highest BCUT2D eigenvalue weighted by Crippen LogP contribution is 2.32. The standard InChI is InChI=1S/C29H34N4O3/c1-3-20(2)21-9-13-24(14-10-21)33(29(36)26-19-30-17-18-31-26)27(22-11-15-25(34)16-12-22)28(35)32-23-7-5-4-6-8-23/h9-20,23,27,34H,3-8H2,1-2H3,(H,32,35)/t20-,27-/m0/s1. The summed E-state index contributed by atoms with van der Waals surface area (Å²) in [6.45, 7) is 4.30. The maximum Gasteiger partial charge on any atom is 0.279 e. The predicted octanol–water partition coefficient (Wildman–Crippen LogP) is 5.53. The average molecular weight is 487 g/mol. The average Bonchev–Trinajstić information content (AvgIpc) is 2.92. The first-order chi connectivity index (χ1) is 17.5. The number of anilines is 1. The van der Waals surface area contributed by atoms with E-state index in [0.29, 0.717) is 17.2 Å². The molecule has 1 saturated carbocycles. The van der Waals surface area contributed by atoms with Crippen LogP contribution in [0.15, 0.2) is 67.1 Å². The zero-order chi connectivity index (χ0) is 25.5. The van der Waals surface area contributed by atoms with Gasteiger partial charge < -0.3 is 10.4 Å². The van der Waals surface area contributed by atoms with E-state index in [9.17, 15) is 14.7 Å². The number of amides is 2. The first-order valence-corrected chi connectivity index (χ1v) is 12.8. The van der Waals surface area contributed by atoms with Gasteiger partial charge in [-0.3, -0.25) is 19.5 Å². The van der Waals surface area contributed by atoms with Crippen LogP contribution in [0, 0.1) is 0 Å². The smallest absolute Gasteiger partial charge is 0.279 e. The van der Waals surface area contributed by atoms with Gasteiger partial charge in [-0.1, -0.05) is 57.4 Å². The van der Waals surface area contributed by atoms with E-state index in [1.54, 1.807) is 12.1 Å². The van der Waals surface area contributed by atoms with Gasteiger partial charge in [0.25, 0.3) is 5.91 Å². The van der Waals surface area contributed by atoms with Crippen LogP contribution in [0.4, 0.5) is 5.69 Å². The predicted molar refractivity (Wildman–Crippen MR) is 140 cm³/mol. The molecule has 7 heteroatoms. The molecule has 0 aliphatic heterocycles. The van der Waals surface area contributed by atoms with E-state index in [1.165, 1.54) is 47.6 Å². The largest absolute Gasteiger partial charge is 0.508 e. The number of hydrogen-bond acceptors (Lipinski definition) is 5. The van der Waals surface area contributed by atoms with Gasteiger partial charge in [0.05, 0.1) is 6.20 Å². The molecule has 1 heterocycles. The second kappa shape index (κ2) is 11.8. The quantitative estimate of drug-likeness (QED) is 0.436. The van der Waals surface area contributed by atoms with Crippen LogP contribution >= 0.6 is 0 Å². The van der Waals surface area contributed by atoms with Gasteiger partial charge in [-0.15, -0.1) is 0 Å². The number of hydrogen-bond donors (Lipinski definition) is 2. The van der Waals surface area contributed by atoms with Crippen molar-refractivity contribution in [2.24, 2.45) is 0 Å². The van der Waals surface area contributed by atoms with E-state index in [0.717, 1.165) is 32.1 Å². The van der Waals surface area contributed by atoms with E-state index >= 15 is 0 Å². The van der Waals surface area contributed by atoms with Crippen molar-refractivity contribution in [1.29, 1.82) is 0 Å². The van der Waals surface area contributed by atoms with Gasteiger partial charge in [-0.05, 0) is 60.6 Å². The second-order valence-electron chi connectivity index (χ2n) is 9.50. The molecule has 7 nitrogen and oxygen atoms in total. The summed E-state index contributed by atoms with van der Waals surface area (Å²) in [5, 5.41) is 13.1. The van der Waals surface area contributed by atoms with Crippen molar-refractivity contribution in [3.63, 3.8) is 0 Å². The summed E-state index contributed by atoms with van der Waals surface area (Å²) in [5.74, 6) is -0.201. The molecule has 1 aliphatic rings. The zero-order valence-corrected chi connectivity index (χ0v) is 20.9. The van der Waals surface area contributed by atoms with E-state index in [1.807, 2.05) is 24.3 Å². The van der Waals surface area contributed by atoms with Gasteiger partial charge in [-0.2, -0.15) is 0 Å². The second-order valence-corrected chi connectivity index (χ2v) is 9.50. The Morgan fingerprint density at radius 2 is 1.67 bits per heavy atom. The summed E-state index contributed by atoms with van der Waals surface area (Å²) in [7, 11) is 0. The van der Waals surface area contributed by atoms with Crippen molar-refractivity contribution < 1.29 is 14.7 Å². The van der Waals surface area contributed by atoms with Crippen molar-refractivity contribution in [2.75, 3.05) is 4.90 Å². The topological polar surface area (TPSA) is 95.4 Å². The molecule has 1 aliphatic carbocycles. The number of rotatable bonds is 8. The number of nitrogens with zero attached hydrogens (tertiary/aromatic N) is 3.